The lowest BCUT2D eigenvalue weighted by Crippen LogP contribution is -2.28. The minimum absolute atomic E-state index is 0.433. The Kier molecular flexibility index (Phi) is 3.93. The number of anilines is 4. The van der Waals surface area contributed by atoms with E-state index in [1.165, 1.54) is 23.4 Å². The van der Waals surface area contributed by atoms with Gasteiger partial charge in [0.1, 0.15) is 0 Å². The van der Waals surface area contributed by atoms with Crippen LogP contribution in [-0.2, 0) is 0 Å². The lowest BCUT2D eigenvalue weighted by atomic mass is 10.2. The van der Waals surface area contributed by atoms with Crippen molar-refractivity contribution in [1.82, 2.24) is 14.4 Å². The molecular formula is C18H23N7. The summed E-state index contributed by atoms with van der Waals surface area (Å²) in [6.45, 7) is 2.07. The summed E-state index contributed by atoms with van der Waals surface area (Å²) < 4.78 is 2.06. The van der Waals surface area contributed by atoms with E-state index in [1.807, 2.05) is 18.3 Å². The number of pyridine rings is 1. The second-order valence-corrected chi connectivity index (χ2v) is 6.70. The highest BCUT2D eigenvalue weighted by Gasteiger charge is 2.18. The van der Waals surface area contributed by atoms with E-state index in [0.29, 0.717) is 23.5 Å². The normalized spacial score (nSPS) is 15.0. The van der Waals surface area contributed by atoms with Gasteiger partial charge in [0.25, 0.3) is 0 Å². The number of nitrogens with one attached hydrogen (secondary N) is 1. The molecule has 0 amide bonds. The second-order valence-electron chi connectivity index (χ2n) is 6.70. The molecule has 3 aromatic rings. The largest absolute Gasteiger partial charge is 0.394 e. The van der Waals surface area contributed by atoms with Crippen LogP contribution < -0.4 is 21.9 Å². The standard InChI is InChI=1S/C18H23N7/c1-12-8-15-9-14(6-7-24(15)11-12)25(20)17-16(19)10-21-18(23-17)22-13-4-2-3-5-13/h6-11,13H,2-5,19-20H2,1H3,(H,21,22,23). The van der Waals surface area contributed by atoms with Gasteiger partial charge < -0.3 is 15.5 Å². The molecule has 5 N–H and O–H groups in total. The van der Waals surface area contributed by atoms with Crippen LogP contribution in [0.4, 0.5) is 23.1 Å². The molecule has 1 aliphatic rings. The van der Waals surface area contributed by atoms with Gasteiger partial charge in [-0.05, 0) is 43.5 Å². The third-order valence-electron chi connectivity index (χ3n) is 4.71. The number of hydrogen-bond donors (Lipinski definition) is 3. The highest BCUT2D eigenvalue weighted by atomic mass is 15.4. The van der Waals surface area contributed by atoms with Crippen LogP contribution in [0.5, 0.6) is 0 Å². The molecule has 0 aliphatic heterocycles. The Morgan fingerprint density at radius 3 is 2.88 bits per heavy atom. The fraction of sp³-hybridized carbons (Fsp3) is 0.333. The number of aryl methyl sites for hydroxylation is 1. The first-order valence-corrected chi connectivity index (χ1v) is 8.62. The summed E-state index contributed by atoms with van der Waals surface area (Å²) in [5.41, 5.74) is 9.62. The number of nitrogens with zero attached hydrogens (tertiary/aromatic N) is 4. The molecule has 7 heteroatoms. The Labute approximate surface area is 146 Å². The Balaban J connectivity index is 1.63. The van der Waals surface area contributed by atoms with Crippen molar-refractivity contribution in [2.45, 2.75) is 38.6 Å². The lowest BCUT2D eigenvalue weighted by molar-refractivity contribution is 0.743. The topological polar surface area (TPSA) is 97.5 Å². The average Bonchev–Trinajstić information content (AvgIpc) is 3.23. The van der Waals surface area contributed by atoms with Gasteiger partial charge in [0.2, 0.25) is 5.95 Å². The number of nitrogens with two attached hydrogens (primary N) is 2. The van der Waals surface area contributed by atoms with Gasteiger partial charge in [0.15, 0.2) is 5.82 Å². The summed E-state index contributed by atoms with van der Waals surface area (Å²) in [5.74, 6) is 7.40. The maximum Gasteiger partial charge on any atom is 0.225 e. The van der Waals surface area contributed by atoms with Crippen LogP contribution in [0.25, 0.3) is 5.52 Å². The first kappa shape index (κ1) is 15.7. The fourth-order valence-corrected chi connectivity index (χ4v) is 3.41. The maximum atomic E-state index is 6.32. The van der Waals surface area contributed by atoms with Gasteiger partial charge in [-0.1, -0.05) is 12.8 Å². The monoisotopic (exact) mass is 337 g/mol. The van der Waals surface area contributed by atoms with Crippen LogP contribution in [0.2, 0.25) is 0 Å². The van der Waals surface area contributed by atoms with E-state index in [4.69, 9.17) is 11.6 Å². The summed E-state index contributed by atoms with van der Waals surface area (Å²) in [5, 5.41) is 4.90. The number of hydrazine groups is 1. The van der Waals surface area contributed by atoms with E-state index in [9.17, 15) is 0 Å². The zero-order valence-corrected chi connectivity index (χ0v) is 14.3. The van der Waals surface area contributed by atoms with Gasteiger partial charge in [0, 0.05) is 24.0 Å². The van der Waals surface area contributed by atoms with Gasteiger partial charge in [-0.25, -0.2) is 10.8 Å². The number of rotatable bonds is 4. The molecule has 0 atom stereocenters. The summed E-state index contributed by atoms with van der Waals surface area (Å²) in [7, 11) is 0. The average molecular weight is 337 g/mol. The molecule has 1 saturated carbocycles. The van der Waals surface area contributed by atoms with Crippen molar-refractivity contribution in [1.29, 1.82) is 0 Å². The van der Waals surface area contributed by atoms with Crippen molar-refractivity contribution in [3.8, 4) is 0 Å². The van der Waals surface area contributed by atoms with Crippen LogP contribution in [0, 0.1) is 6.92 Å². The summed E-state index contributed by atoms with van der Waals surface area (Å²) in [6, 6.07) is 6.49. The first-order valence-electron chi connectivity index (χ1n) is 8.62. The van der Waals surface area contributed by atoms with Crippen LogP contribution in [0.1, 0.15) is 31.2 Å². The molecule has 0 spiro atoms. The molecule has 0 bridgehead atoms. The van der Waals surface area contributed by atoms with Crippen LogP contribution in [0.3, 0.4) is 0 Å². The zero-order chi connectivity index (χ0) is 17.4. The third kappa shape index (κ3) is 3.10. The summed E-state index contributed by atoms with van der Waals surface area (Å²) >= 11 is 0. The predicted molar refractivity (Wildman–Crippen MR) is 101 cm³/mol. The van der Waals surface area contributed by atoms with Crippen molar-refractivity contribution in [2.24, 2.45) is 5.84 Å². The van der Waals surface area contributed by atoms with E-state index in [0.717, 1.165) is 24.0 Å². The Morgan fingerprint density at radius 2 is 2.08 bits per heavy atom. The number of aromatic nitrogens is 3. The number of fused-ring (bicyclic) bond motifs is 1. The quantitative estimate of drug-likeness (QED) is 0.500. The smallest absolute Gasteiger partial charge is 0.225 e. The molecule has 1 aliphatic carbocycles. The Bertz CT molecular complexity index is 896. The zero-order valence-electron chi connectivity index (χ0n) is 14.3. The highest BCUT2D eigenvalue weighted by molar-refractivity contribution is 5.73. The molecule has 0 radical (unpaired) electrons. The predicted octanol–water partition coefficient (Wildman–Crippen LogP) is 2.99. The van der Waals surface area contributed by atoms with E-state index < -0.39 is 0 Å². The molecule has 4 rings (SSSR count). The van der Waals surface area contributed by atoms with Crippen LogP contribution in [0.15, 0.2) is 36.8 Å². The molecule has 130 valence electrons. The van der Waals surface area contributed by atoms with E-state index >= 15 is 0 Å². The van der Waals surface area contributed by atoms with Gasteiger partial charge in [-0.3, -0.25) is 5.01 Å². The summed E-state index contributed by atoms with van der Waals surface area (Å²) in [6.07, 6.45) is 10.5. The van der Waals surface area contributed by atoms with E-state index in [1.54, 1.807) is 6.20 Å². The van der Waals surface area contributed by atoms with Crippen molar-refractivity contribution in [3.63, 3.8) is 0 Å². The number of hydrogen-bond acceptors (Lipinski definition) is 6. The molecule has 0 aromatic carbocycles. The Hall–Kier alpha value is -2.80. The molecule has 0 unspecified atom stereocenters. The van der Waals surface area contributed by atoms with Crippen LogP contribution >= 0.6 is 0 Å². The molecule has 0 saturated heterocycles. The molecule has 3 aromatic heterocycles. The molecule has 3 heterocycles. The van der Waals surface area contributed by atoms with Gasteiger partial charge >= 0.3 is 0 Å². The molecule has 1 fully saturated rings. The van der Waals surface area contributed by atoms with E-state index in [-0.39, 0.29) is 0 Å². The van der Waals surface area contributed by atoms with Gasteiger partial charge in [-0.15, -0.1) is 0 Å². The third-order valence-corrected chi connectivity index (χ3v) is 4.71. The second kappa shape index (κ2) is 6.25. The molecule has 25 heavy (non-hydrogen) atoms. The van der Waals surface area contributed by atoms with Gasteiger partial charge in [0.05, 0.1) is 17.6 Å². The minimum Gasteiger partial charge on any atom is -0.394 e. The van der Waals surface area contributed by atoms with E-state index in [2.05, 4.69) is 38.9 Å². The van der Waals surface area contributed by atoms with Crippen molar-refractivity contribution in [2.75, 3.05) is 16.1 Å². The fourth-order valence-electron chi connectivity index (χ4n) is 3.41. The number of nitrogen functional groups attached to an aromatic ring is 1. The van der Waals surface area contributed by atoms with Crippen molar-refractivity contribution >= 4 is 28.7 Å². The minimum atomic E-state index is 0.433. The van der Waals surface area contributed by atoms with Crippen LogP contribution in [-0.4, -0.2) is 20.4 Å². The van der Waals surface area contributed by atoms with Crippen molar-refractivity contribution < 1.29 is 0 Å². The first-order chi connectivity index (χ1) is 12.1. The van der Waals surface area contributed by atoms with Gasteiger partial charge in [-0.2, -0.15) is 4.98 Å². The lowest BCUT2D eigenvalue weighted by Gasteiger charge is -2.21. The molecular weight excluding hydrogens is 314 g/mol. The Morgan fingerprint density at radius 1 is 1.28 bits per heavy atom. The van der Waals surface area contributed by atoms with Crippen molar-refractivity contribution in [3.05, 3.63) is 42.4 Å². The highest BCUT2D eigenvalue weighted by Crippen LogP contribution is 2.28. The maximum absolute atomic E-state index is 6.32. The molecule has 7 nitrogen and oxygen atoms in total. The SMILES string of the molecule is Cc1cc2cc(N(N)c3nc(NC4CCCC4)ncc3N)ccn2c1. The summed E-state index contributed by atoms with van der Waals surface area (Å²) in [4.78, 5) is 8.84.